The van der Waals surface area contributed by atoms with Crippen LogP contribution in [0, 0.1) is 30.9 Å². The fourth-order valence-corrected chi connectivity index (χ4v) is 5.45. The number of aromatic nitrogens is 2. The smallest absolute Gasteiger partial charge is 0.257 e. The molecular formula is C27H27F2N3O2. The molecule has 3 aliphatic rings. The maximum atomic E-state index is 13.9. The number of ether oxygens (including phenoxy) is 1. The van der Waals surface area contributed by atoms with Crippen LogP contribution in [0.1, 0.15) is 53.3 Å². The summed E-state index contributed by atoms with van der Waals surface area (Å²) in [5, 5.41) is 4.72. The van der Waals surface area contributed by atoms with Gasteiger partial charge in [-0.05, 0) is 75.4 Å². The highest BCUT2D eigenvalue weighted by atomic mass is 19.1. The second-order valence-corrected chi connectivity index (χ2v) is 10.3. The molecule has 1 saturated heterocycles. The molecule has 2 saturated carbocycles. The van der Waals surface area contributed by atoms with Crippen molar-refractivity contribution in [1.29, 1.82) is 0 Å². The van der Waals surface area contributed by atoms with Crippen molar-refractivity contribution < 1.29 is 18.3 Å². The first-order valence-corrected chi connectivity index (χ1v) is 11.9. The molecule has 0 atom stereocenters. The molecule has 0 radical (unpaired) electrons. The van der Waals surface area contributed by atoms with Gasteiger partial charge in [-0.25, -0.2) is 8.78 Å². The minimum absolute atomic E-state index is 0.0893. The molecule has 1 spiro atoms. The summed E-state index contributed by atoms with van der Waals surface area (Å²) in [6.45, 7) is 5.29. The molecule has 2 aromatic carbocycles. The summed E-state index contributed by atoms with van der Waals surface area (Å²) >= 11 is 0. The first-order valence-electron chi connectivity index (χ1n) is 11.9. The number of halogens is 2. The fourth-order valence-electron chi connectivity index (χ4n) is 5.45. The van der Waals surface area contributed by atoms with Crippen molar-refractivity contribution in [2.24, 2.45) is 5.41 Å². The zero-order chi connectivity index (χ0) is 23.6. The van der Waals surface area contributed by atoms with Gasteiger partial charge in [-0.1, -0.05) is 6.07 Å². The highest BCUT2D eigenvalue weighted by molar-refractivity contribution is 5.97. The molecule has 2 heterocycles. The molecule has 0 unspecified atom stereocenters. The second-order valence-electron chi connectivity index (χ2n) is 10.3. The Balaban J connectivity index is 1.15. The first kappa shape index (κ1) is 21.3. The predicted molar refractivity (Wildman–Crippen MR) is 124 cm³/mol. The Bertz CT molecular complexity index is 1280. The molecule has 3 aromatic rings. The third-order valence-corrected chi connectivity index (χ3v) is 7.35. The number of carbonyl (C=O) groups is 1. The van der Waals surface area contributed by atoms with Crippen molar-refractivity contribution in [3.8, 4) is 17.0 Å². The van der Waals surface area contributed by atoms with Gasteiger partial charge in [0.05, 0.1) is 29.1 Å². The topological polar surface area (TPSA) is 47.4 Å². The molecule has 5 nitrogen and oxygen atoms in total. The Morgan fingerprint density at radius 1 is 1.03 bits per heavy atom. The molecule has 34 heavy (non-hydrogen) atoms. The number of rotatable bonds is 5. The maximum Gasteiger partial charge on any atom is 0.257 e. The van der Waals surface area contributed by atoms with E-state index in [9.17, 15) is 13.6 Å². The number of carbonyl (C=O) groups excluding carboxylic acids is 1. The van der Waals surface area contributed by atoms with Gasteiger partial charge < -0.3 is 9.64 Å². The predicted octanol–water partition coefficient (Wildman–Crippen LogP) is 5.46. The first-order chi connectivity index (χ1) is 16.3. The average molecular weight is 464 g/mol. The lowest BCUT2D eigenvalue weighted by atomic mass is 9.60. The SMILES string of the molecule is Cc1cc(-c2cc(F)ccc2C)n(C2CC3(C2)CN(C(=O)c2ccc(F)cc2OC2CC2)C3)n1. The number of hydrogen-bond acceptors (Lipinski definition) is 3. The van der Waals surface area contributed by atoms with Crippen molar-refractivity contribution in [3.63, 3.8) is 0 Å². The van der Waals surface area contributed by atoms with Gasteiger partial charge in [0.2, 0.25) is 0 Å². The summed E-state index contributed by atoms with van der Waals surface area (Å²) in [4.78, 5) is 15.0. The molecular weight excluding hydrogens is 436 g/mol. The number of nitrogens with zero attached hydrogens (tertiary/aromatic N) is 3. The van der Waals surface area contributed by atoms with Gasteiger partial charge in [0.25, 0.3) is 5.91 Å². The number of amides is 1. The van der Waals surface area contributed by atoms with Gasteiger partial charge in [0.15, 0.2) is 0 Å². The van der Waals surface area contributed by atoms with Crippen LogP contribution in [-0.2, 0) is 0 Å². The highest BCUT2D eigenvalue weighted by Crippen LogP contribution is 2.55. The summed E-state index contributed by atoms with van der Waals surface area (Å²) < 4.78 is 35.5. The third-order valence-electron chi connectivity index (χ3n) is 7.35. The largest absolute Gasteiger partial charge is 0.489 e. The Hall–Kier alpha value is -3.22. The molecule has 6 rings (SSSR count). The van der Waals surface area contributed by atoms with Crippen LogP contribution in [0.2, 0.25) is 0 Å². The van der Waals surface area contributed by atoms with E-state index in [1.54, 1.807) is 12.1 Å². The Kier molecular flexibility index (Phi) is 4.80. The van der Waals surface area contributed by atoms with Crippen LogP contribution in [0.4, 0.5) is 8.78 Å². The standard InChI is InChI=1S/C27H27F2N3O2/c1-16-3-4-18(28)10-23(16)24-9-17(2)30-32(24)20-12-27(13-20)14-31(15-27)26(33)22-8-5-19(29)11-25(22)34-21-6-7-21/h3-5,8-11,20-21H,6-7,12-15H2,1-2H3. The number of aryl methyl sites for hydroxylation is 2. The van der Waals surface area contributed by atoms with E-state index in [2.05, 4.69) is 0 Å². The summed E-state index contributed by atoms with van der Waals surface area (Å²) in [6.07, 6.45) is 3.84. The van der Waals surface area contributed by atoms with E-state index >= 15 is 0 Å². The maximum absolute atomic E-state index is 13.9. The van der Waals surface area contributed by atoms with E-state index in [0.29, 0.717) is 24.4 Å². The van der Waals surface area contributed by atoms with E-state index in [1.807, 2.05) is 29.5 Å². The lowest BCUT2D eigenvalue weighted by Gasteiger charge is -2.59. The molecule has 0 N–H and O–H groups in total. The number of benzene rings is 2. The molecule has 1 amide bonds. The van der Waals surface area contributed by atoms with Gasteiger partial charge in [-0.3, -0.25) is 9.48 Å². The quantitative estimate of drug-likeness (QED) is 0.505. The molecule has 176 valence electrons. The lowest BCUT2D eigenvalue weighted by molar-refractivity contribution is -0.0735. The van der Waals surface area contributed by atoms with E-state index < -0.39 is 5.82 Å². The van der Waals surface area contributed by atoms with Crippen LogP contribution in [-0.4, -0.2) is 39.8 Å². The van der Waals surface area contributed by atoms with Gasteiger partial charge in [0, 0.05) is 30.1 Å². The molecule has 7 heteroatoms. The average Bonchev–Trinajstić information content (AvgIpc) is 3.47. The minimum atomic E-state index is -0.395. The highest BCUT2D eigenvalue weighted by Gasteiger charge is 2.55. The zero-order valence-electron chi connectivity index (χ0n) is 19.4. The van der Waals surface area contributed by atoms with Gasteiger partial charge in [-0.15, -0.1) is 0 Å². The monoisotopic (exact) mass is 463 g/mol. The van der Waals surface area contributed by atoms with E-state index in [-0.39, 0.29) is 29.3 Å². The Labute approximate surface area is 197 Å². The summed E-state index contributed by atoms with van der Waals surface area (Å²) in [5.74, 6) is -0.402. The Morgan fingerprint density at radius 3 is 2.47 bits per heavy atom. The van der Waals surface area contributed by atoms with Crippen LogP contribution in [0.15, 0.2) is 42.5 Å². The molecule has 1 aromatic heterocycles. The minimum Gasteiger partial charge on any atom is -0.489 e. The van der Waals surface area contributed by atoms with Gasteiger partial charge >= 0.3 is 0 Å². The third kappa shape index (κ3) is 3.67. The van der Waals surface area contributed by atoms with Crippen LogP contribution in [0.25, 0.3) is 11.3 Å². The lowest BCUT2D eigenvalue weighted by Crippen LogP contribution is -2.63. The van der Waals surface area contributed by atoms with E-state index in [0.717, 1.165) is 48.2 Å². The fraction of sp³-hybridized carbons (Fsp3) is 0.407. The molecule has 0 bridgehead atoms. The Morgan fingerprint density at radius 2 is 1.74 bits per heavy atom. The second kappa shape index (κ2) is 7.65. The summed E-state index contributed by atoms with van der Waals surface area (Å²) in [7, 11) is 0. The summed E-state index contributed by atoms with van der Waals surface area (Å²) in [6, 6.07) is 11.3. The zero-order valence-corrected chi connectivity index (χ0v) is 19.4. The van der Waals surface area contributed by atoms with Crippen LogP contribution >= 0.6 is 0 Å². The molecule has 3 fully saturated rings. The molecule has 2 aliphatic carbocycles. The summed E-state index contributed by atoms with van der Waals surface area (Å²) in [5.41, 5.74) is 4.25. The normalized spacial score (nSPS) is 19.1. The van der Waals surface area contributed by atoms with Gasteiger partial charge in [-0.2, -0.15) is 5.10 Å². The van der Waals surface area contributed by atoms with Crippen molar-refractivity contribution >= 4 is 5.91 Å². The van der Waals surface area contributed by atoms with Crippen molar-refractivity contribution in [2.75, 3.05) is 13.1 Å². The van der Waals surface area contributed by atoms with E-state index in [1.165, 1.54) is 24.3 Å². The van der Waals surface area contributed by atoms with Crippen LogP contribution < -0.4 is 4.74 Å². The van der Waals surface area contributed by atoms with Crippen LogP contribution in [0.5, 0.6) is 5.75 Å². The van der Waals surface area contributed by atoms with Crippen molar-refractivity contribution in [2.45, 2.75) is 51.7 Å². The van der Waals surface area contributed by atoms with E-state index in [4.69, 9.17) is 9.84 Å². The number of likely N-dealkylation sites (tertiary alicyclic amines) is 1. The van der Waals surface area contributed by atoms with Crippen molar-refractivity contribution in [1.82, 2.24) is 14.7 Å². The van der Waals surface area contributed by atoms with Gasteiger partial charge in [0.1, 0.15) is 17.4 Å². The van der Waals surface area contributed by atoms with Crippen molar-refractivity contribution in [3.05, 3.63) is 70.9 Å². The molecule has 1 aliphatic heterocycles. The number of hydrogen-bond donors (Lipinski definition) is 0. The van der Waals surface area contributed by atoms with Crippen LogP contribution in [0.3, 0.4) is 0 Å².